The average Bonchev–Trinajstić information content (AvgIpc) is 3.07. The topological polar surface area (TPSA) is 23.5 Å². The predicted molar refractivity (Wildman–Crippen MR) is 139 cm³/mol. The van der Waals surface area contributed by atoms with E-state index in [1.165, 1.54) is 49.1 Å². The second-order valence-electron chi connectivity index (χ2n) is 11.9. The van der Waals surface area contributed by atoms with Crippen molar-refractivity contribution in [1.29, 1.82) is 0 Å². The number of nitrogens with zero attached hydrogens (tertiary/aromatic N) is 1. The lowest BCUT2D eigenvalue weighted by atomic mass is 9.48. The van der Waals surface area contributed by atoms with Crippen molar-refractivity contribution in [2.45, 2.75) is 82.5 Å². The monoisotopic (exact) mass is 453 g/mol. The van der Waals surface area contributed by atoms with E-state index in [4.69, 9.17) is 0 Å². The van der Waals surface area contributed by atoms with Gasteiger partial charge in [-0.05, 0) is 110 Å². The molecule has 3 heteroatoms. The lowest BCUT2D eigenvalue weighted by Crippen LogP contribution is -2.51. The molecule has 0 aromatic heterocycles. The van der Waals surface area contributed by atoms with E-state index in [-0.39, 0.29) is 11.5 Å². The molecule has 2 nitrogen and oxygen atoms in total. The van der Waals surface area contributed by atoms with Crippen molar-refractivity contribution < 1.29 is 5.11 Å². The van der Waals surface area contributed by atoms with E-state index in [9.17, 15) is 5.11 Å². The average molecular weight is 454 g/mol. The third-order valence-electron chi connectivity index (χ3n) is 9.96. The van der Waals surface area contributed by atoms with Gasteiger partial charge in [0, 0.05) is 24.5 Å². The van der Waals surface area contributed by atoms with Crippen LogP contribution >= 0.6 is 11.8 Å². The number of aliphatic hydroxyl groups excluding tert-OH is 1. The Morgan fingerprint density at radius 2 is 1.78 bits per heavy atom. The van der Waals surface area contributed by atoms with Crippen molar-refractivity contribution in [3.8, 4) is 0 Å². The number of allylic oxidation sites excluding steroid dienone is 1. The fraction of sp³-hybridized carbons (Fsp3) is 0.724. The van der Waals surface area contributed by atoms with Crippen LogP contribution in [0.15, 0.2) is 35.9 Å². The summed E-state index contributed by atoms with van der Waals surface area (Å²) < 4.78 is 0.336. The van der Waals surface area contributed by atoms with Crippen LogP contribution in [0.2, 0.25) is 0 Å². The maximum atomic E-state index is 11.1. The van der Waals surface area contributed by atoms with E-state index in [2.05, 4.69) is 81.9 Å². The lowest BCUT2D eigenvalue weighted by molar-refractivity contribution is -0.0662. The molecule has 176 valence electrons. The lowest BCUT2D eigenvalue weighted by Gasteiger charge is -2.57. The fourth-order valence-corrected chi connectivity index (χ4v) is 9.57. The number of aliphatic hydroxyl groups is 1. The number of thioether (sulfide) groups is 1. The van der Waals surface area contributed by atoms with Crippen molar-refractivity contribution in [3.05, 3.63) is 41.5 Å². The molecule has 4 aliphatic rings. The van der Waals surface area contributed by atoms with Gasteiger partial charge in [-0.2, -0.15) is 11.8 Å². The van der Waals surface area contributed by atoms with Crippen LogP contribution in [0.1, 0.15) is 77.2 Å². The van der Waals surface area contributed by atoms with Gasteiger partial charge in [-0.15, -0.1) is 0 Å². The first-order valence-corrected chi connectivity index (χ1v) is 14.1. The van der Waals surface area contributed by atoms with Crippen molar-refractivity contribution in [1.82, 2.24) is 0 Å². The standard InChI is InChI=1S/C29H43NOS/c1-6-32-28(2)16-15-22-20(17-28)9-12-23-25-13-14-26(31)29(25,3)18-24(27(22)23)19-7-10-21(11-8-19)30(4)5/h7-8,10-11,17,22-27,31H,6,9,12-16,18H2,1-5H3/t22-,23-,24+,25-,26?,27+,28?,29-/m0/s1. The number of benzene rings is 1. The van der Waals surface area contributed by atoms with Crippen molar-refractivity contribution >= 4 is 17.4 Å². The summed E-state index contributed by atoms with van der Waals surface area (Å²) in [6.07, 6.45) is 11.3. The molecule has 3 fully saturated rings. The molecule has 0 saturated heterocycles. The molecular formula is C29H43NOS. The Morgan fingerprint density at radius 1 is 1.03 bits per heavy atom. The smallest absolute Gasteiger partial charge is 0.0596 e. The van der Waals surface area contributed by atoms with E-state index < -0.39 is 0 Å². The van der Waals surface area contributed by atoms with Crippen LogP contribution in [-0.2, 0) is 0 Å². The maximum Gasteiger partial charge on any atom is 0.0596 e. The predicted octanol–water partition coefficient (Wildman–Crippen LogP) is 6.89. The molecule has 3 saturated carbocycles. The van der Waals surface area contributed by atoms with Crippen molar-refractivity contribution in [2.24, 2.45) is 29.1 Å². The van der Waals surface area contributed by atoms with Crippen LogP contribution in [0, 0.1) is 29.1 Å². The first kappa shape index (κ1) is 22.8. The van der Waals surface area contributed by atoms with Crippen LogP contribution in [0.5, 0.6) is 0 Å². The molecule has 0 bridgehead atoms. The van der Waals surface area contributed by atoms with Crippen molar-refractivity contribution in [2.75, 3.05) is 24.7 Å². The van der Waals surface area contributed by atoms with E-state index in [0.717, 1.165) is 30.6 Å². The second-order valence-corrected chi connectivity index (χ2v) is 13.7. The van der Waals surface area contributed by atoms with Crippen molar-refractivity contribution in [3.63, 3.8) is 0 Å². The normalized spacial score (nSPS) is 43.1. The van der Waals surface area contributed by atoms with Gasteiger partial charge in [0.05, 0.1) is 6.10 Å². The zero-order valence-electron chi connectivity index (χ0n) is 20.8. The molecule has 1 aromatic rings. The zero-order valence-corrected chi connectivity index (χ0v) is 21.6. The Hall–Kier alpha value is -0.930. The molecule has 1 aromatic carbocycles. The number of hydrogen-bond donors (Lipinski definition) is 1. The molecule has 0 amide bonds. The number of anilines is 1. The summed E-state index contributed by atoms with van der Waals surface area (Å²) in [7, 11) is 4.25. The largest absolute Gasteiger partial charge is 0.393 e. The van der Waals surface area contributed by atoms with Gasteiger partial charge in [0.25, 0.3) is 0 Å². The van der Waals surface area contributed by atoms with Gasteiger partial charge in [-0.25, -0.2) is 0 Å². The zero-order chi connectivity index (χ0) is 22.7. The van der Waals surface area contributed by atoms with Crippen LogP contribution in [0.3, 0.4) is 0 Å². The first-order chi connectivity index (χ1) is 15.3. The molecule has 0 radical (unpaired) electrons. The van der Waals surface area contributed by atoms with Crippen LogP contribution in [0.4, 0.5) is 5.69 Å². The van der Waals surface area contributed by atoms with Gasteiger partial charge in [-0.1, -0.05) is 37.6 Å². The highest BCUT2D eigenvalue weighted by molar-refractivity contribution is 8.00. The van der Waals surface area contributed by atoms with Gasteiger partial charge in [0.1, 0.15) is 0 Å². The summed E-state index contributed by atoms with van der Waals surface area (Å²) in [5.74, 6) is 4.76. The minimum Gasteiger partial charge on any atom is -0.393 e. The number of fused-ring (bicyclic) bond motifs is 5. The SMILES string of the molecule is CCSC1(C)C=C2CC[C@@H]3[C@H]([C@@H](c4ccc(N(C)C)cc4)C[C@]4(C)C(O)CC[C@@H]34)[C@H]2CC1. The summed E-state index contributed by atoms with van der Waals surface area (Å²) in [6.45, 7) is 7.20. The first-order valence-electron chi connectivity index (χ1n) is 13.1. The molecular weight excluding hydrogens is 410 g/mol. The summed E-state index contributed by atoms with van der Waals surface area (Å²) in [6, 6.07) is 9.42. The fourth-order valence-electron chi connectivity index (χ4n) is 8.42. The highest BCUT2D eigenvalue weighted by Crippen LogP contribution is 2.66. The third kappa shape index (κ3) is 3.66. The third-order valence-corrected chi connectivity index (χ3v) is 11.2. The summed E-state index contributed by atoms with van der Waals surface area (Å²) >= 11 is 2.14. The second kappa shape index (κ2) is 8.38. The molecule has 5 rings (SSSR count). The van der Waals surface area contributed by atoms with E-state index in [0.29, 0.717) is 16.6 Å². The number of hydrogen-bond acceptors (Lipinski definition) is 3. The molecule has 1 N–H and O–H groups in total. The van der Waals surface area contributed by atoms with E-state index in [1.807, 2.05) is 0 Å². The highest BCUT2D eigenvalue weighted by atomic mass is 32.2. The Kier molecular flexibility index (Phi) is 5.98. The van der Waals surface area contributed by atoms with E-state index in [1.54, 1.807) is 5.57 Å². The van der Waals surface area contributed by atoms with Gasteiger partial charge >= 0.3 is 0 Å². The quantitative estimate of drug-likeness (QED) is 0.502. The summed E-state index contributed by atoms with van der Waals surface area (Å²) in [5, 5.41) is 11.1. The Labute approximate surface area is 200 Å². The molecule has 4 aliphatic carbocycles. The van der Waals surface area contributed by atoms with Crippen LogP contribution in [0.25, 0.3) is 0 Å². The Morgan fingerprint density at radius 3 is 2.47 bits per heavy atom. The molecule has 8 atom stereocenters. The maximum absolute atomic E-state index is 11.1. The minimum absolute atomic E-state index is 0.0918. The number of rotatable bonds is 4. The van der Waals surface area contributed by atoms with Gasteiger partial charge in [0.15, 0.2) is 0 Å². The molecule has 0 heterocycles. The summed E-state index contributed by atoms with van der Waals surface area (Å²) in [4.78, 5) is 2.19. The molecule has 2 unspecified atom stereocenters. The highest BCUT2D eigenvalue weighted by Gasteiger charge is 2.59. The van der Waals surface area contributed by atoms with Gasteiger partial charge in [0.2, 0.25) is 0 Å². The van der Waals surface area contributed by atoms with Gasteiger partial charge in [-0.3, -0.25) is 0 Å². The molecule has 32 heavy (non-hydrogen) atoms. The Bertz CT molecular complexity index is 862. The Balaban J connectivity index is 1.54. The molecule has 0 spiro atoms. The van der Waals surface area contributed by atoms with Gasteiger partial charge < -0.3 is 10.0 Å². The van der Waals surface area contributed by atoms with E-state index >= 15 is 0 Å². The summed E-state index contributed by atoms with van der Waals surface area (Å²) in [5.41, 5.74) is 4.66. The molecule has 0 aliphatic heterocycles. The minimum atomic E-state index is -0.121. The van der Waals surface area contributed by atoms with Crippen LogP contribution in [-0.4, -0.2) is 35.8 Å². The van der Waals surface area contributed by atoms with Crippen LogP contribution < -0.4 is 4.90 Å².